The Morgan fingerprint density at radius 2 is 2.15 bits per heavy atom. The van der Waals surface area contributed by atoms with Crippen molar-refractivity contribution >= 4 is 17.0 Å². The van der Waals surface area contributed by atoms with Gasteiger partial charge >= 0.3 is 5.97 Å². The summed E-state index contributed by atoms with van der Waals surface area (Å²) < 4.78 is 28.1. The van der Waals surface area contributed by atoms with E-state index in [4.69, 9.17) is 10.2 Å². The second kappa shape index (κ2) is 5.16. The van der Waals surface area contributed by atoms with Gasteiger partial charge < -0.3 is 14.8 Å². The number of aromatic carboxylic acids is 1. The molecule has 1 aromatic heterocycles. The monoisotopic (exact) mass is 284 g/mol. The van der Waals surface area contributed by atoms with Crippen LogP contribution in [-0.4, -0.2) is 38.3 Å². The third-order valence-corrected chi connectivity index (χ3v) is 3.01. The van der Waals surface area contributed by atoms with Gasteiger partial charge in [0.2, 0.25) is 0 Å². The number of halogens is 2. The maximum atomic E-state index is 13.4. The lowest BCUT2D eigenvalue weighted by Crippen LogP contribution is -2.28. The van der Waals surface area contributed by atoms with Crippen LogP contribution >= 0.6 is 0 Å². The number of carboxylic acid groups (broad SMARTS) is 1. The predicted octanol–water partition coefficient (Wildman–Crippen LogP) is 1.92. The average molecular weight is 284 g/mol. The number of nitrogens with zero attached hydrogens (tertiary/aromatic N) is 2. The zero-order valence-corrected chi connectivity index (χ0v) is 10.8. The summed E-state index contributed by atoms with van der Waals surface area (Å²) in [7, 11) is 0. The quantitative estimate of drug-likeness (QED) is 0.879. The molecule has 2 aromatic rings. The Bertz CT molecular complexity index is 652. The van der Waals surface area contributed by atoms with Crippen molar-refractivity contribution in [2.45, 2.75) is 25.8 Å². The van der Waals surface area contributed by atoms with Gasteiger partial charge in [-0.3, -0.25) is 0 Å². The van der Waals surface area contributed by atoms with E-state index in [-0.39, 0.29) is 5.56 Å². The lowest BCUT2D eigenvalue weighted by Gasteiger charge is -2.16. The second-order valence-corrected chi connectivity index (χ2v) is 4.49. The van der Waals surface area contributed by atoms with Gasteiger partial charge in [0.05, 0.1) is 23.1 Å². The molecule has 2 N–H and O–H groups in total. The summed E-state index contributed by atoms with van der Waals surface area (Å²) in [6, 6.07) is 4.19. The number of hydrogen-bond donors (Lipinski definition) is 2. The molecular formula is C13H14F2N2O3. The minimum Gasteiger partial charge on any atom is -0.478 e. The van der Waals surface area contributed by atoms with Crippen LogP contribution in [-0.2, 0) is 13.0 Å². The van der Waals surface area contributed by atoms with Crippen molar-refractivity contribution < 1.29 is 23.8 Å². The van der Waals surface area contributed by atoms with Crippen LogP contribution < -0.4 is 0 Å². The van der Waals surface area contributed by atoms with Gasteiger partial charge in [-0.15, -0.1) is 0 Å². The van der Waals surface area contributed by atoms with Gasteiger partial charge in [0.25, 0.3) is 5.92 Å². The number of fused-ring (bicyclic) bond motifs is 1. The SMILES string of the molecule is CCc1nc2ccc(C(=O)O)cc2n1CC(F)(F)CO. The number of aromatic nitrogens is 2. The Balaban J connectivity index is 2.59. The predicted molar refractivity (Wildman–Crippen MR) is 68.1 cm³/mol. The molecule has 2 rings (SSSR count). The summed E-state index contributed by atoms with van der Waals surface area (Å²) in [4.78, 5) is 15.2. The molecule has 0 fully saturated rings. The minimum absolute atomic E-state index is 0.00798. The molecule has 5 nitrogen and oxygen atoms in total. The van der Waals surface area contributed by atoms with Gasteiger partial charge in [-0.2, -0.15) is 0 Å². The molecule has 0 bridgehead atoms. The number of aliphatic hydroxyl groups excluding tert-OH is 1. The summed E-state index contributed by atoms with van der Waals surface area (Å²) in [5.41, 5.74) is 0.795. The molecule has 0 aliphatic heterocycles. The van der Waals surface area contributed by atoms with E-state index in [1.165, 1.54) is 22.8 Å². The maximum Gasteiger partial charge on any atom is 0.335 e. The second-order valence-electron chi connectivity index (χ2n) is 4.49. The fourth-order valence-corrected chi connectivity index (χ4v) is 2.03. The van der Waals surface area contributed by atoms with Gasteiger partial charge in [-0.05, 0) is 18.2 Å². The van der Waals surface area contributed by atoms with E-state index in [2.05, 4.69) is 4.98 Å². The average Bonchev–Trinajstić information content (AvgIpc) is 2.75. The summed E-state index contributed by atoms with van der Waals surface area (Å²) in [5, 5.41) is 17.7. The van der Waals surface area contributed by atoms with Crippen molar-refractivity contribution in [2.75, 3.05) is 6.61 Å². The number of alkyl halides is 2. The highest BCUT2D eigenvalue weighted by atomic mass is 19.3. The zero-order chi connectivity index (χ0) is 14.9. The molecule has 7 heteroatoms. The third-order valence-electron chi connectivity index (χ3n) is 3.01. The molecule has 0 saturated carbocycles. The fourth-order valence-electron chi connectivity index (χ4n) is 2.03. The van der Waals surface area contributed by atoms with E-state index < -0.39 is 25.0 Å². The van der Waals surface area contributed by atoms with Gasteiger partial charge in [0, 0.05) is 6.42 Å². The topological polar surface area (TPSA) is 75.3 Å². The molecular weight excluding hydrogens is 270 g/mol. The van der Waals surface area contributed by atoms with Crippen molar-refractivity contribution in [1.29, 1.82) is 0 Å². The molecule has 1 heterocycles. The van der Waals surface area contributed by atoms with Crippen LogP contribution in [0.25, 0.3) is 11.0 Å². The number of imidazole rings is 1. The van der Waals surface area contributed by atoms with Crippen LogP contribution in [0.2, 0.25) is 0 Å². The van der Waals surface area contributed by atoms with Crippen molar-refractivity contribution in [2.24, 2.45) is 0 Å². The summed E-state index contributed by atoms with van der Waals surface area (Å²) in [6.45, 7) is -0.229. The lowest BCUT2D eigenvalue weighted by atomic mass is 10.2. The van der Waals surface area contributed by atoms with Crippen LogP contribution in [0.15, 0.2) is 18.2 Å². The fraction of sp³-hybridized carbons (Fsp3) is 0.385. The molecule has 0 unspecified atom stereocenters. The smallest absolute Gasteiger partial charge is 0.335 e. The first-order chi connectivity index (χ1) is 9.38. The Labute approximate surface area is 113 Å². The number of rotatable bonds is 5. The Morgan fingerprint density at radius 3 is 2.70 bits per heavy atom. The molecule has 0 spiro atoms. The van der Waals surface area contributed by atoms with Gasteiger partial charge in [0.1, 0.15) is 12.4 Å². The van der Waals surface area contributed by atoms with Crippen LogP contribution in [0.1, 0.15) is 23.1 Å². The Kier molecular flexibility index (Phi) is 3.71. The first kappa shape index (κ1) is 14.4. The Morgan fingerprint density at radius 1 is 1.45 bits per heavy atom. The molecule has 0 aliphatic carbocycles. The highest BCUT2D eigenvalue weighted by Crippen LogP contribution is 2.23. The first-order valence-corrected chi connectivity index (χ1v) is 6.09. The number of hydrogen-bond acceptors (Lipinski definition) is 3. The Hall–Kier alpha value is -2.02. The molecule has 0 radical (unpaired) electrons. The normalized spacial score (nSPS) is 12.0. The van der Waals surface area contributed by atoms with Crippen LogP contribution in [0.5, 0.6) is 0 Å². The largest absolute Gasteiger partial charge is 0.478 e. The lowest BCUT2D eigenvalue weighted by molar-refractivity contribution is -0.0625. The number of aryl methyl sites for hydroxylation is 1. The number of aliphatic hydroxyl groups is 1. The zero-order valence-electron chi connectivity index (χ0n) is 10.8. The summed E-state index contributed by atoms with van der Waals surface area (Å²) in [5.74, 6) is -3.99. The number of carboxylic acids is 1. The molecule has 20 heavy (non-hydrogen) atoms. The van der Waals surface area contributed by atoms with Crippen molar-refractivity contribution in [3.8, 4) is 0 Å². The van der Waals surface area contributed by atoms with Crippen molar-refractivity contribution in [3.05, 3.63) is 29.6 Å². The van der Waals surface area contributed by atoms with Crippen LogP contribution in [0.4, 0.5) is 8.78 Å². The molecule has 1 aromatic carbocycles. The first-order valence-electron chi connectivity index (χ1n) is 6.09. The molecule has 0 aliphatic rings. The maximum absolute atomic E-state index is 13.4. The minimum atomic E-state index is -3.28. The van der Waals surface area contributed by atoms with E-state index in [0.29, 0.717) is 23.3 Å². The highest BCUT2D eigenvalue weighted by molar-refractivity contribution is 5.92. The summed E-state index contributed by atoms with van der Waals surface area (Å²) >= 11 is 0. The molecule has 0 atom stereocenters. The van der Waals surface area contributed by atoms with Crippen molar-refractivity contribution in [3.63, 3.8) is 0 Å². The van der Waals surface area contributed by atoms with Crippen molar-refractivity contribution in [1.82, 2.24) is 9.55 Å². The molecule has 0 saturated heterocycles. The third kappa shape index (κ3) is 2.62. The van der Waals surface area contributed by atoms with E-state index in [1.807, 2.05) is 0 Å². The summed E-state index contributed by atoms with van der Waals surface area (Å²) in [6.07, 6.45) is 0.429. The molecule has 0 amide bonds. The van der Waals surface area contributed by atoms with Crippen LogP contribution in [0.3, 0.4) is 0 Å². The van der Waals surface area contributed by atoms with Gasteiger partial charge in [-0.1, -0.05) is 6.92 Å². The standard InChI is InChI=1S/C13H14F2N2O3/c1-2-11-16-9-4-3-8(12(19)20)5-10(9)17(11)6-13(14,15)7-18/h3-5,18H,2,6-7H2,1H3,(H,19,20). The van der Waals surface area contributed by atoms with E-state index >= 15 is 0 Å². The number of carbonyl (C=O) groups is 1. The van der Waals surface area contributed by atoms with E-state index in [1.54, 1.807) is 6.92 Å². The van der Waals surface area contributed by atoms with Crippen LogP contribution in [0, 0.1) is 0 Å². The number of benzene rings is 1. The highest BCUT2D eigenvalue weighted by Gasteiger charge is 2.30. The van der Waals surface area contributed by atoms with Gasteiger partial charge in [0.15, 0.2) is 0 Å². The van der Waals surface area contributed by atoms with Gasteiger partial charge in [-0.25, -0.2) is 18.6 Å². The molecule has 108 valence electrons. The van der Waals surface area contributed by atoms with E-state index in [9.17, 15) is 13.6 Å². The van der Waals surface area contributed by atoms with E-state index in [0.717, 1.165) is 0 Å².